The van der Waals surface area contributed by atoms with Gasteiger partial charge in [-0.25, -0.2) is 0 Å². The van der Waals surface area contributed by atoms with E-state index < -0.39 is 0 Å². The summed E-state index contributed by atoms with van der Waals surface area (Å²) >= 11 is 5.96. The molecule has 1 unspecified atom stereocenters. The number of nitrogens with one attached hydrogen (secondary N) is 1. The van der Waals surface area contributed by atoms with Crippen molar-refractivity contribution in [3.63, 3.8) is 0 Å². The van der Waals surface area contributed by atoms with Gasteiger partial charge in [0.1, 0.15) is 5.69 Å². The topological polar surface area (TPSA) is 40.5 Å². The molecule has 1 amide bonds. The van der Waals surface area contributed by atoms with E-state index >= 15 is 0 Å². The second kappa shape index (κ2) is 7.01. The van der Waals surface area contributed by atoms with Crippen LogP contribution in [0.3, 0.4) is 0 Å². The number of halogens is 2. The molecule has 2 fully saturated rings. The summed E-state index contributed by atoms with van der Waals surface area (Å²) in [6, 6.07) is 2.26. The number of aromatic nitrogens is 1. The third kappa shape index (κ3) is 3.54. The van der Waals surface area contributed by atoms with Crippen molar-refractivity contribution in [2.24, 2.45) is 7.05 Å². The molecule has 0 aromatic carbocycles. The van der Waals surface area contributed by atoms with Crippen molar-refractivity contribution >= 4 is 29.9 Å². The third-order valence-corrected chi connectivity index (χ3v) is 4.52. The van der Waals surface area contributed by atoms with E-state index in [2.05, 4.69) is 10.2 Å². The summed E-state index contributed by atoms with van der Waals surface area (Å²) in [4.78, 5) is 17.0. The molecule has 0 aliphatic carbocycles. The summed E-state index contributed by atoms with van der Waals surface area (Å²) in [7, 11) is 1.86. The molecule has 3 heterocycles. The fraction of sp³-hybridized carbons (Fsp3) is 0.643. The molecule has 0 saturated carbocycles. The molecule has 1 N–H and O–H groups in total. The molecule has 5 nitrogen and oxygen atoms in total. The zero-order valence-electron chi connectivity index (χ0n) is 12.2. The van der Waals surface area contributed by atoms with Crippen LogP contribution < -0.4 is 5.32 Å². The Hall–Kier alpha value is -0.750. The number of nitrogens with zero attached hydrogens (tertiary/aromatic N) is 3. The molecule has 21 heavy (non-hydrogen) atoms. The molecule has 2 aliphatic rings. The van der Waals surface area contributed by atoms with E-state index in [1.54, 1.807) is 12.3 Å². The summed E-state index contributed by atoms with van der Waals surface area (Å²) in [5.74, 6) is 0.0945. The van der Waals surface area contributed by atoms with Gasteiger partial charge in [0.05, 0.1) is 5.02 Å². The first kappa shape index (κ1) is 16.6. The highest BCUT2D eigenvalue weighted by Crippen LogP contribution is 2.20. The fourth-order valence-electron chi connectivity index (χ4n) is 3.17. The molecule has 1 atom stereocenters. The lowest BCUT2D eigenvalue weighted by Crippen LogP contribution is -2.49. The number of carbonyl (C=O) groups is 1. The van der Waals surface area contributed by atoms with Gasteiger partial charge in [0.15, 0.2) is 0 Å². The maximum atomic E-state index is 12.5. The van der Waals surface area contributed by atoms with Gasteiger partial charge >= 0.3 is 0 Å². The van der Waals surface area contributed by atoms with Crippen molar-refractivity contribution in [1.82, 2.24) is 19.7 Å². The monoisotopic (exact) mass is 332 g/mol. The van der Waals surface area contributed by atoms with Gasteiger partial charge in [-0.1, -0.05) is 11.6 Å². The van der Waals surface area contributed by atoms with Crippen molar-refractivity contribution in [2.45, 2.75) is 12.5 Å². The SMILES string of the molecule is Cl.Cn1cc(Cl)cc1C(=O)N1CCC(N2CCNCC2)C1. The number of carbonyl (C=O) groups excluding carboxylic acids is 1. The van der Waals surface area contributed by atoms with E-state index in [-0.39, 0.29) is 18.3 Å². The number of amides is 1. The van der Waals surface area contributed by atoms with Crippen LogP contribution in [0.15, 0.2) is 12.3 Å². The van der Waals surface area contributed by atoms with E-state index in [9.17, 15) is 4.79 Å². The van der Waals surface area contributed by atoms with Crippen molar-refractivity contribution in [3.05, 3.63) is 23.0 Å². The highest BCUT2D eigenvalue weighted by atomic mass is 35.5. The first-order valence-corrected chi connectivity index (χ1v) is 7.59. The molecule has 0 bridgehead atoms. The van der Waals surface area contributed by atoms with E-state index in [1.165, 1.54) is 0 Å². The average molecular weight is 333 g/mol. The van der Waals surface area contributed by atoms with E-state index in [0.29, 0.717) is 16.8 Å². The number of likely N-dealkylation sites (tertiary alicyclic amines) is 1. The standard InChI is InChI=1S/C14H21ClN4O.ClH/c1-17-9-11(15)8-13(17)14(20)19-5-2-12(10-19)18-6-3-16-4-7-18;/h8-9,12,16H,2-7,10H2,1H3;1H. The maximum absolute atomic E-state index is 12.5. The molecular weight excluding hydrogens is 311 g/mol. The fourth-order valence-corrected chi connectivity index (χ4v) is 3.42. The Morgan fingerprint density at radius 1 is 1.33 bits per heavy atom. The molecule has 2 saturated heterocycles. The van der Waals surface area contributed by atoms with Crippen LogP contribution >= 0.6 is 24.0 Å². The second-order valence-corrected chi connectivity index (χ2v) is 6.07. The molecule has 7 heteroatoms. The first-order valence-electron chi connectivity index (χ1n) is 7.21. The Balaban J connectivity index is 0.00000161. The summed E-state index contributed by atoms with van der Waals surface area (Å²) in [5.41, 5.74) is 0.677. The summed E-state index contributed by atoms with van der Waals surface area (Å²) < 4.78 is 1.81. The molecule has 1 aromatic heterocycles. The Morgan fingerprint density at radius 3 is 2.67 bits per heavy atom. The lowest BCUT2D eigenvalue weighted by Gasteiger charge is -2.32. The smallest absolute Gasteiger partial charge is 0.270 e. The summed E-state index contributed by atoms with van der Waals surface area (Å²) in [5, 5.41) is 3.99. The molecular formula is C14H22Cl2N4O. The van der Waals surface area contributed by atoms with Crippen molar-refractivity contribution in [1.29, 1.82) is 0 Å². The largest absolute Gasteiger partial charge is 0.345 e. The van der Waals surface area contributed by atoms with Gasteiger partial charge in [0.2, 0.25) is 0 Å². The van der Waals surface area contributed by atoms with Gasteiger partial charge in [-0.15, -0.1) is 12.4 Å². The molecule has 118 valence electrons. The van der Waals surface area contributed by atoms with Crippen molar-refractivity contribution < 1.29 is 4.79 Å². The first-order chi connectivity index (χ1) is 9.65. The third-order valence-electron chi connectivity index (χ3n) is 4.31. The van der Waals surface area contributed by atoms with Crippen LogP contribution in [0.25, 0.3) is 0 Å². The van der Waals surface area contributed by atoms with Crippen LogP contribution in [0.4, 0.5) is 0 Å². The molecule has 1 aromatic rings. The number of hydrogen-bond acceptors (Lipinski definition) is 3. The van der Waals surface area contributed by atoms with E-state index in [1.807, 2.05) is 16.5 Å². The van der Waals surface area contributed by atoms with Crippen LogP contribution in [0, 0.1) is 0 Å². The molecule has 3 rings (SSSR count). The zero-order valence-corrected chi connectivity index (χ0v) is 13.8. The van der Waals surface area contributed by atoms with Crippen LogP contribution in [0.1, 0.15) is 16.9 Å². The van der Waals surface area contributed by atoms with Crippen LogP contribution in [-0.2, 0) is 7.05 Å². The highest BCUT2D eigenvalue weighted by Gasteiger charge is 2.32. The Kier molecular flexibility index (Phi) is 5.54. The van der Waals surface area contributed by atoms with Crippen LogP contribution in [0.2, 0.25) is 5.02 Å². The van der Waals surface area contributed by atoms with Gasteiger partial charge in [0, 0.05) is 58.6 Å². The number of piperazine rings is 1. The number of hydrogen-bond donors (Lipinski definition) is 1. The predicted octanol–water partition coefficient (Wildman–Crippen LogP) is 1.22. The van der Waals surface area contributed by atoms with Gasteiger partial charge < -0.3 is 14.8 Å². The Bertz CT molecular complexity index is 499. The maximum Gasteiger partial charge on any atom is 0.270 e. The Labute approximate surface area is 136 Å². The molecule has 0 spiro atoms. The quantitative estimate of drug-likeness (QED) is 0.885. The minimum Gasteiger partial charge on any atom is -0.345 e. The lowest BCUT2D eigenvalue weighted by molar-refractivity contribution is 0.0764. The van der Waals surface area contributed by atoms with Gasteiger partial charge in [-0.2, -0.15) is 0 Å². The average Bonchev–Trinajstić information content (AvgIpc) is 3.06. The minimum absolute atomic E-state index is 0. The van der Waals surface area contributed by atoms with Crippen LogP contribution in [0.5, 0.6) is 0 Å². The summed E-state index contributed by atoms with van der Waals surface area (Å²) in [6.07, 6.45) is 2.85. The summed E-state index contributed by atoms with van der Waals surface area (Å²) in [6.45, 7) is 5.96. The zero-order chi connectivity index (χ0) is 14.1. The van der Waals surface area contributed by atoms with Crippen molar-refractivity contribution in [3.8, 4) is 0 Å². The normalized spacial score (nSPS) is 23.1. The van der Waals surface area contributed by atoms with Crippen LogP contribution in [-0.4, -0.2) is 65.6 Å². The lowest BCUT2D eigenvalue weighted by atomic mass is 10.2. The van der Waals surface area contributed by atoms with Gasteiger partial charge in [-0.05, 0) is 12.5 Å². The number of aryl methyl sites for hydroxylation is 1. The van der Waals surface area contributed by atoms with E-state index in [4.69, 9.17) is 11.6 Å². The Morgan fingerprint density at radius 2 is 2.05 bits per heavy atom. The van der Waals surface area contributed by atoms with Gasteiger partial charge in [0.25, 0.3) is 5.91 Å². The number of rotatable bonds is 2. The van der Waals surface area contributed by atoms with E-state index in [0.717, 1.165) is 45.7 Å². The highest BCUT2D eigenvalue weighted by molar-refractivity contribution is 6.31. The predicted molar refractivity (Wildman–Crippen MR) is 86.4 cm³/mol. The second-order valence-electron chi connectivity index (χ2n) is 5.63. The van der Waals surface area contributed by atoms with Crippen molar-refractivity contribution in [2.75, 3.05) is 39.3 Å². The minimum atomic E-state index is 0. The molecule has 2 aliphatic heterocycles. The van der Waals surface area contributed by atoms with Gasteiger partial charge in [-0.3, -0.25) is 9.69 Å². The molecule has 0 radical (unpaired) electrons.